The van der Waals surface area contributed by atoms with Gasteiger partial charge in [-0.25, -0.2) is 14.2 Å². The number of hydrogen-bond acceptors (Lipinski definition) is 11. The minimum atomic E-state index is -5.92. The van der Waals surface area contributed by atoms with E-state index in [9.17, 15) is 40.3 Å². The summed E-state index contributed by atoms with van der Waals surface area (Å²) in [5, 5.41) is 10.8. The Kier molecular flexibility index (Phi) is 14.4. The normalized spacial score (nSPS) is 14.9. The Balaban J connectivity index is 1.60. The van der Waals surface area contributed by atoms with Gasteiger partial charge in [-0.15, -0.1) is 28.9 Å². The van der Waals surface area contributed by atoms with Crippen LogP contribution in [0.5, 0.6) is 11.5 Å². The van der Waals surface area contributed by atoms with Gasteiger partial charge in [-0.1, -0.05) is 31.1 Å². The molecule has 2 aromatic carbocycles. The molecule has 1 atom stereocenters. The molecule has 0 aliphatic rings. The third-order valence-corrected chi connectivity index (χ3v) is 9.46. The van der Waals surface area contributed by atoms with Gasteiger partial charge in [-0.2, -0.15) is 17.6 Å². The van der Waals surface area contributed by atoms with Crippen molar-refractivity contribution >= 4 is 21.4 Å². The van der Waals surface area contributed by atoms with Gasteiger partial charge in [0, 0.05) is 26.2 Å². The molecule has 0 saturated heterocycles. The zero-order valence-electron chi connectivity index (χ0n) is 30.9. The molecule has 1 aromatic heterocycles. The Morgan fingerprint density at radius 3 is 1.96 bits per heavy atom. The predicted molar refractivity (Wildman–Crippen MR) is 185 cm³/mol. The quantitative estimate of drug-likeness (QED) is 0.0391. The van der Waals surface area contributed by atoms with E-state index in [2.05, 4.69) is 26.0 Å². The van der Waals surface area contributed by atoms with Gasteiger partial charge in [0.25, 0.3) is 0 Å². The number of ether oxygens (including phenoxy) is 5. The third kappa shape index (κ3) is 13.1. The van der Waals surface area contributed by atoms with Gasteiger partial charge in [0.15, 0.2) is 13.2 Å². The fourth-order valence-electron chi connectivity index (χ4n) is 5.34. The number of unbranched alkanes of at least 4 members (excludes halogenated alkanes) is 2. The molecule has 0 saturated carbocycles. The third-order valence-electron chi connectivity index (χ3n) is 8.33. The van der Waals surface area contributed by atoms with Crippen molar-refractivity contribution in [1.29, 1.82) is 0 Å². The van der Waals surface area contributed by atoms with Crippen molar-refractivity contribution in [2.75, 3.05) is 20.3 Å². The van der Waals surface area contributed by atoms with Crippen LogP contribution in [0.3, 0.4) is 0 Å². The van der Waals surface area contributed by atoms with E-state index in [-0.39, 0.29) is 17.4 Å². The van der Waals surface area contributed by atoms with Gasteiger partial charge in [0.05, 0.1) is 12.6 Å². The Morgan fingerprint density at radius 1 is 0.778 bits per heavy atom. The van der Waals surface area contributed by atoms with E-state index in [4.69, 9.17) is 20.9 Å². The van der Waals surface area contributed by atoms with E-state index in [0.29, 0.717) is 15.8 Å². The zero-order valence-corrected chi connectivity index (χ0v) is 31.7. The lowest BCUT2D eigenvalue weighted by Crippen LogP contribution is -2.66. The summed E-state index contributed by atoms with van der Waals surface area (Å²) in [7, 11) is 1.54. The van der Waals surface area contributed by atoms with Crippen LogP contribution in [0.2, 0.25) is 0 Å². The lowest BCUT2D eigenvalue weighted by molar-refractivity contribution is -0.577. The Hall–Kier alpha value is -2.88. The number of nitrogens with two attached hydrogens (primary N) is 2. The summed E-state index contributed by atoms with van der Waals surface area (Å²) in [6.07, 6.45) is -17.8. The first-order valence-corrected chi connectivity index (χ1v) is 17.6. The van der Waals surface area contributed by atoms with Crippen LogP contribution in [0.15, 0.2) is 42.5 Å². The highest BCUT2D eigenvalue weighted by molar-refractivity contribution is 7.22. The summed E-state index contributed by atoms with van der Waals surface area (Å²) in [6, 6.07) is 11.8. The van der Waals surface area contributed by atoms with Gasteiger partial charge in [-0.05, 0) is 101 Å². The molecule has 0 aliphatic carbocycles. The monoisotopic (exact) mass is 805 g/mol. The first kappa shape index (κ1) is 45.5. The van der Waals surface area contributed by atoms with E-state index in [1.165, 1.54) is 50.3 Å². The molecule has 0 aliphatic heterocycles. The Bertz CT molecular complexity index is 1690. The van der Waals surface area contributed by atoms with Crippen molar-refractivity contribution in [3.05, 3.63) is 48.0 Å². The number of hydrogen-bond donors (Lipinski definition) is 3. The molecule has 3 rings (SSSR count). The minimum absolute atomic E-state index is 0.00638. The molecule has 10 nitrogen and oxygen atoms in total. The summed E-state index contributed by atoms with van der Waals surface area (Å²) in [6.45, 7) is 5.11. The van der Waals surface area contributed by atoms with Crippen LogP contribution in [0.25, 0.3) is 20.5 Å². The molecular formula is C35H47F8N3O7S. The number of fused-ring (bicyclic) bond motifs is 1. The largest absolute Gasteiger partial charge is 0.496 e. The number of alkyl halides is 8. The molecule has 306 valence electrons. The van der Waals surface area contributed by atoms with Gasteiger partial charge in [0.2, 0.25) is 0 Å². The lowest BCUT2D eigenvalue weighted by Gasteiger charge is -2.47. The fraction of sp³-hybridized carbons (Fsp3) is 0.600. The van der Waals surface area contributed by atoms with Crippen LogP contribution in [-0.4, -0.2) is 72.2 Å². The average Bonchev–Trinajstić information content (AvgIpc) is 3.43. The van der Waals surface area contributed by atoms with E-state index in [1.54, 1.807) is 21.0 Å². The second-order valence-corrected chi connectivity index (χ2v) is 15.4. The lowest BCUT2D eigenvalue weighted by atomic mass is 9.74. The molecule has 0 amide bonds. The van der Waals surface area contributed by atoms with E-state index >= 15 is 0 Å². The summed E-state index contributed by atoms with van der Waals surface area (Å²) < 4.78 is 133. The van der Waals surface area contributed by atoms with Gasteiger partial charge in [-0.3, -0.25) is 10.0 Å². The summed E-state index contributed by atoms with van der Waals surface area (Å²) in [5.41, 5.74) is 10.0. The summed E-state index contributed by atoms with van der Waals surface area (Å²) >= 11 is 1.27. The molecule has 0 fully saturated rings. The number of nitrogens with zero attached hydrogens (tertiary/aromatic N) is 1. The maximum absolute atomic E-state index is 14.4. The van der Waals surface area contributed by atoms with Gasteiger partial charge >= 0.3 is 24.8 Å². The molecule has 0 spiro atoms. The number of aryl methyl sites for hydroxylation is 1. The molecule has 0 bridgehead atoms. The molecule has 5 N–H and O–H groups in total. The number of hydroxylamine groups is 2. The molecule has 54 heavy (non-hydrogen) atoms. The highest BCUT2D eigenvalue weighted by Crippen LogP contribution is 2.41. The van der Waals surface area contributed by atoms with Crippen LogP contribution >= 0.6 is 11.3 Å². The van der Waals surface area contributed by atoms with E-state index in [0.717, 1.165) is 41.7 Å². The number of rotatable bonds is 22. The second-order valence-electron chi connectivity index (χ2n) is 14.3. The topological polar surface area (TPSA) is 131 Å². The van der Waals surface area contributed by atoms with Crippen LogP contribution in [-0.2, 0) is 25.5 Å². The number of methoxy groups -OCH3 is 1. The SMILES string of the molecule is CCCCCc1ccc(-c2cc3ccc(OCC(F)(F)OC(F)(F)OC(F)(F)OC(F)(F)CON(O)C(C)(C)C(C)(N)CC(C)(C)N)cc3s2)c(OC)c1. The number of halogens is 8. The predicted octanol–water partition coefficient (Wildman–Crippen LogP) is 9.27. The fourth-order valence-corrected chi connectivity index (χ4v) is 6.46. The van der Waals surface area contributed by atoms with Crippen LogP contribution in [0.1, 0.15) is 72.8 Å². The highest BCUT2D eigenvalue weighted by Gasteiger charge is 2.57. The molecular weight excluding hydrogens is 758 g/mol. The highest BCUT2D eigenvalue weighted by atomic mass is 32.1. The van der Waals surface area contributed by atoms with Crippen molar-refractivity contribution in [1.82, 2.24) is 5.23 Å². The van der Waals surface area contributed by atoms with Crippen molar-refractivity contribution in [2.24, 2.45) is 11.5 Å². The zero-order chi connectivity index (χ0) is 41.0. The maximum Gasteiger partial charge on any atom is 0.496 e. The smallest absolute Gasteiger partial charge is 0.496 e. The van der Waals surface area contributed by atoms with Crippen LogP contribution in [0.4, 0.5) is 35.1 Å². The van der Waals surface area contributed by atoms with E-state index < -0.39 is 54.6 Å². The van der Waals surface area contributed by atoms with Crippen molar-refractivity contribution in [3.8, 4) is 21.9 Å². The van der Waals surface area contributed by atoms with Crippen molar-refractivity contribution < 1.29 is 68.9 Å². The van der Waals surface area contributed by atoms with E-state index in [1.807, 2.05) is 24.3 Å². The molecule has 0 radical (unpaired) electrons. The maximum atomic E-state index is 14.4. The first-order chi connectivity index (χ1) is 24.6. The number of thiophene rings is 1. The van der Waals surface area contributed by atoms with Gasteiger partial charge in [0.1, 0.15) is 11.5 Å². The van der Waals surface area contributed by atoms with Crippen molar-refractivity contribution in [2.45, 2.75) is 115 Å². The van der Waals surface area contributed by atoms with Crippen LogP contribution < -0.4 is 20.9 Å². The minimum Gasteiger partial charge on any atom is -0.496 e. The number of benzene rings is 2. The Morgan fingerprint density at radius 2 is 1.39 bits per heavy atom. The molecule has 1 unspecified atom stereocenters. The summed E-state index contributed by atoms with van der Waals surface area (Å²) in [4.78, 5) is 5.21. The summed E-state index contributed by atoms with van der Waals surface area (Å²) in [5.74, 6) is 0.427. The van der Waals surface area contributed by atoms with Gasteiger partial charge < -0.3 is 20.9 Å². The first-order valence-electron chi connectivity index (χ1n) is 16.8. The molecule has 3 aromatic rings. The standard InChI is InChI=1S/C35H47F8N3O7S/c1-8-9-10-11-22-12-15-25(26(16-22)48-7)28-17-23-13-14-24(18-27(23)54-28)49-20-32(36,37)51-34(40,41)53-35(42,43)52-33(38,39)21-50-46(47)30(4,5)31(6,45)19-29(2,3)44/h12-18,47H,8-11,19-21,44-45H2,1-7H3. The second kappa shape index (κ2) is 17.1. The van der Waals surface area contributed by atoms with Crippen molar-refractivity contribution in [3.63, 3.8) is 0 Å². The average molecular weight is 806 g/mol. The molecule has 19 heteroatoms. The Labute approximate surface area is 312 Å². The molecule has 1 heterocycles. The van der Waals surface area contributed by atoms with Crippen LogP contribution in [0, 0.1) is 0 Å².